The van der Waals surface area contributed by atoms with Gasteiger partial charge in [-0.3, -0.25) is 4.79 Å². The molecule has 29 heavy (non-hydrogen) atoms. The summed E-state index contributed by atoms with van der Waals surface area (Å²) in [4.78, 5) is 14.8. The molecule has 3 aromatic rings. The van der Waals surface area contributed by atoms with Gasteiger partial charge in [-0.1, -0.05) is 18.2 Å². The normalized spacial score (nSPS) is 10.9. The van der Waals surface area contributed by atoms with E-state index in [1.807, 2.05) is 48.9 Å². The Balaban J connectivity index is 1.59. The highest BCUT2D eigenvalue weighted by Gasteiger charge is 2.17. The number of carbonyl (C=O) groups excluding carboxylic acids is 1. The van der Waals surface area contributed by atoms with E-state index in [0.29, 0.717) is 23.6 Å². The van der Waals surface area contributed by atoms with Crippen molar-refractivity contribution < 1.29 is 13.6 Å². The van der Waals surface area contributed by atoms with Crippen molar-refractivity contribution in [1.29, 1.82) is 0 Å². The van der Waals surface area contributed by atoms with Crippen LogP contribution in [0.2, 0.25) is 0 Å². The van der Waals surface area contributed by atoms with Crippen molar-refractivity contribution in [2.75, 3.05) is 12.8 Å². The van der Waals surface area contributed by atoms with E-state index >= 15 is 0 Å². The van der Waals surface area contributed by atoms with Crippen molar-refractivity contribution in [3.05, 3.63) is 77.1 Å². The van der Waals surface area contributed by atoms with Crippen molar-refractivity contribution in [3.8, 4) is 5.69 Å². The molecule has 0 aliphatic heterocycles. The third-order valence-corrected chi connectivity index (χ3v) is 5.73. The topological polar surface area (TPSA) is 38.1 Å². The lowest BCUT2D eigenvalue weighted by atomic mass is 10.2. The van der Waals surface area contributed by atoms with Gasteiger partial charge in [0.2, 0.25) is 5.91 Å². The fourth-order valence-electron chi connectivity index (χ4n) is 3.06. The second-order valence-electron chi connectivity index (χ2n) is 6.82. The molecule has 0 spiro atoms. The van der Waals surface area contributed by atoms with Gasteiger partial charge in [-0.25, -0.2) is 13.5 Å². The smallest absolute Gasteiger partial charge is 0.223 e. The van der Waals surface area contributed by atoms with Crippen LogP contribution >= 0.6 is 11.8 Å². The van der Waals surface area contributed by atoms with E-state index in [9.17, 15) is 13.6 Å². The van der Waals surface area contributed by atoms with Crippen LogP contribution in [0.1, 0.15) is 23.4 Å². The lowest BCUT2D eigenvalue weighted by Crippen LogP contribution is -2.27. The summed E-state index contributed by atoms with van der Waals surface area (Å²) in [6, 6.07) is 13.6. The number of benzene rings is 2. The van der Waals surface area contributed by atoms with Crippen LogP contribution < -0.4 is 0 Å². The minimum absolute atomic E-state index is 0.00801. The summed E-state index contributed by atoms with van der Waals surface area (Å²) >= 11 is 1.33. The number of aromatic nitrogens is 2. The number of amides is 1. The van der Waals surface area contributed by atoms with Crippen LogP contribution in [-0.2, 0) is 11.3 Å². The summed E-state index contributed by atoms with van der Waals surface area (Å²) in [5.74, 6) is -1.26. The van der Waals surface area contributed by atoms with E-state index in [4.69, 9.17) is 0 Å². The quantitative estimate of drug-likeness (QED) is 0.515. The summed E-state index contributed by atoms with van der Waals surface area (Å²) in [5, 5.41) is 4.62. The van der Waals surface area contributed by atoms with Crippen molar-refractivity contribution in [2.45, 2.75) is 31.7 Å². The average molecular weight is 416 g/mol. The first-order valence-electron chi connectivity index (χ1n) is 9.29. The Kier molecular flexibility index (Phi) is 6.69. The molecule has 2 aromatic carbocycles. The largest absolute Gasteiger partial charge is 0.341 e. The Morgan fingerprint density at radius 2 is 1.83 bits per heavy atom. The fourth-order valence-corrected chi connectivity index (χ4v) is 3.93. The number of thioether (sulfide) groups is 1. The average Bonchev–Trinajstić information content (AvgIpc) is 2.99. The molecule has 0 aliphatic rings. The molecule has 0 N–H and O–H groups in total. The van der Waals surface area contributed by atoms with Gasteiger partial charge in [-0.2, -0.15) is 5.10 Å². The first kappa shape index (κ1) is 21.0. The third kappa shape index (κ3) is 5.03. The molecule has 0 unspecified atom stereocenters. The molecule has 1 heterocycles. The van der Waals surface area contributed by atoms with Crippen LogP contribution in [0.15, 0.2) is 53.4 Å². The lowest BCUT2D eigenvalue weighted by molar-refractivity contribution is -0.129. The molecule has 4 nitrogen and oxygen atoms in total. The molecule has 0 fully saturated rings. The molecule has 7 heteroatoms. The van der Waals surface area contributed by atoms with Crippen LogP contribution in [0.25, 0.3) is 5.69 Å². The molecule has 1 aromatic heterocycles. The van der Waals surface area contributed by atoms with E-state index in [1.165, 1.54) is 17.8 Å². The molecule has 0 saturated heterocycles. The number of aryl methyl sites for hydroxylation is 1. The van der Waals surface area contributed by atoms with Gasteiger partial charge in [0.25, 0.3) is 0 Å². The Bertz CT molecular complexity index is 1000. The summed E-state index contributed by atoms with van der Waals surface area (Å²) in [5.41, 5.74) is 3.90. The molecular formula is C22H23F2N3OS. The first-order chi connectivity index (χ1) is 13.9. The van der Waals surface area contributed by atoms with Crippen LogP contribution in [-0.4, -0.2) is 33.4 Å². The number of carbonyl (C=O) groups is 1. The third-order valence-electron chi connectivity index (χ3n) is 4.74. The molecule has 152 valence electrons. The Morgan fingerprint density at radius 1 is 1.10 bits per heavy atom. The first-order valence-corrected chi connectivity index (χ1v) is 10.3. The summed E-state index contributed by atoms with van der Waals surface area (Å²) in [6.45, 7) is 4.41. The molecule has 1 amide bonds. The zero-order chi connectivity index (χ0) is 21.0. The van der Waals surface area contributed by atoms with Crippen LogP contribution in [0.3, 0.4) is 0 Å². The molecule has 0 bridgehead atoms. The van der Waals surface area contributed by atoms with E-state index in [1.54, 1.807) is 11.9 Å². The standard InChI is InChI=1S/C22H23F2N3OS/c1-15-19(16(2)27(25-15)17-7-5-4-6-8-17)14-26(3)22(28)11-12-29-18-9-10-20(23)21(24)13-18/h4-10,13H,11-12,14H2,1-3H3. The van der Waals surface area contributed by atoms with Gasteiger partial charge < -0.3 is 4.90 Å². The lowest BCUT2D eigenvalue weighted by Gasteiger charge is -2.17. The molecular weight excluding hydrogens is 392 g/mol. The number of nitrogens with zero attached hydrogens (tertiary/aromatic N) is 3. The van der Waals surface area contributed by atoms with Crippen molar-refractivity contribution in [1.82, 2.24) is 14.7 Å². The fraction of sp³-hybridized carbons (Fsp3) is 0.273. The van der Waals surface area contributed by atoms with Crippen LogP contribution in [0.4, 0.5) is 8.78 Å². The van der Waals surface area contributed by atoms with E-state index < -0.39 is 11.6 Å². The highest BCUT2D eigenvalue weighted by molar-refractivity contribution is 7.99. The van der Waals surface area contributed by atoms with Crippen LogP contribution in [0, 0.1) is 25.5 Å². The van der Waals surface area contributed by atoms with E-state index in [0.717, 1.165) is 34.8 Å². The molecule has 0 atom stereocenters. The van der Waals surface area contributed by atoms with Crippen LogP contribution in [0.5, 0.6) is 0 Å². The zero-order valence-electron chi connectivity index (χ0n) is 16.7. The van der Waals surface area contributed by atoms with E-state index in [-0.39, 0.29) is 5.91 Å². The monoisotopic (exact) mass is 415 g/mol. The van der Waals surface area contributed by atoms with Gasteiger partial charge in [0.1, 0.15) is 0 Å². The Labute approximate surface area is 173 Å². The highest BCUT2D eigenvalue weighted by Crippen LogP contribution is 2.22. The zero-order valence-corrected chi connectivity index (χ0v) is 17.5. The second kappa shape index (κ2) is 9.22. The maximum absolute atomic E-state index is 13.3. The number of hydrogen-bond donors (Lipinski definition) is 0. The minimum atomic E-state index is -0.875. The number of para-hydroxylation sites is 1. The van der Waals surface area contributed by atoms with Gasteiger partial charge in [0.15, 0.2) is 11.6 Å². The van der Waals surface area contributed by atoms with Crippen molar-refractivity contribution in [2.24, 2.45) is 0 Å². The van der Waals surface area contributed by atoms with Gasteiger partial charge in [-0.05, 0) is 44.2 Å². The molecule has 0 saturated carbocycles. The SMILES string of the molecule is Cc1nn(-c2ccccc2)c(C)c1CN(C)C(=O)CCSc1ccc(F)c(F)c1. The molecule has 0 radical (unpaired) electrons. The number of rotatable bonds is 7. The Morgan fingerprint density at radius 3 is 2.52 bits per heavy atom. The maximum atomic E-state index is 13.3. The second-order valence-corrected chi connectivity index (χ2v) is 7.99. The minimum Gasteiger partial charge on any atom is -0.341 e. The van der Waals surface area contributed by atoms with Gasteiger partial charge in [-0.15, -0.1) is 11.8 Å². The molecule has 0 aliphatic carbocycles. The summed E-state index contributed by atoms with van der Waals surface area (Å²) < 4.78 is 28.1. The Hall–Kier alpha value is -2.67. The van der Waals surface area contributed by atoms with Gasteiger partial charge >= 0.3 is 0 Å². The van der Waals surface area contributed by atoms with Crippen molar-refractivity contribution >= 4 is 17.7 Å². The van der Waals surface area contributed by atoms with Gasteiger partial charge in [0.05, 0.1) is 11.4 Å². The predicted octanol–water partition coefficient (Wildman–Crippen LogP) is 4.91. The summed E-state index contributed by atoms with van der Waals surface area (Å²) in [7, 11) is 1.77. The van der Waals surface area contributed by atoms with Gasteiger partial charge in [0, 0.05) is 41.9 Å². The molecule has 3 rings (SSSR count). The number of halogens is 2. The number of hydrogen-bond acceptors (Lipinski definition) is 3. The summed E-state index contributed by atoms with van der Waals surface area (Å²) in [6.07, 6.45) is 0.311. The predicted molar refractivity (Wildman–Crippen MR) is 111 cm³/mol. The highest BCUT2D eigenvalue weighted by atomic mass is 32.2. The van der Waals surface area contributed by atoms with E-state index in [2.05, 4.69) is 5.10 Å². The van der Waals surface area contributed by atoms with Crippen molar-refractivity contribution in [3.63, 3.8) is 0 Å². The maximum Gasteiger partial charge on any atom is 0.223 e.